The van der Waals surface area contributed by atoms with Crippen LogP contribution in [0.15, 0.2) is 22.7 Å². The molecule has 110 valence electrons. The molecule has 21 heavy (non-hydrogen) atoms. The van der Waals surface area contributed by atoms with E-state index in [1.54, 1.807) is 11.3 Å². The number of halogens is 1. The molecule has 0 aliphatic heterocycles. The number of fused-ring (bicyclic) bond motifs is 1. The molecule has 4 nitrogen and oxygen atoms in total. The van der Waals surface area contributed by atoms with Crippen molar-refractivity contribution in [1.29, 1.82) is 0 Å². The molecule has 2 aromatic rings. The largest absolute Gasteiger partial charge is 0.481 e. The predicted molar refractivity (Wildman–Crippen MR) is 87.6 cm³/mol. The van der Waals surface area contributed by atoms with Crippen LogP contribution in [-0.4, -0.2) is 16.1 Å². The number of hydrogen-bond acceptors (Lipinski definition) is 4. The van der Waals surface area contributed by atoms with Gasteiger partial charge in [-0.25, -0.2) is 4.98 Å². The summed E-state index contributed by atoms with van der Waals surface area (Å²) in [6.45, 7) is 2.11. The first-order valence-electron chi connectivity index (χ1n) is 6.86. The van der Waals surface area contributed by atoms with Crippen LogP contribution in [0.5, 0.6) is 0 Å². The average molecular weight is 367 g/mol. The summed E-state index contributed by atoms with van der Waals surface area (Å²) in [6, 6.07) is 6.09. The van der Waals surface area contributed by atoms with Crippen molar-refractivity contribution in [3.63, 3.8) is 0 Å². The first-order valence-corrected chi connectivity index (χ1v) is 8.47. The Bertz CT molecular complexity index is 699. The Kier molecular flexibility index (Phi) is 3.99. The molecule has 1 heterocycles. The maximum Gasteiger partial charge on any atom is 0.312 e. The third kappa shape index (κ3) is 2.82. The van der Waals surface area contributed by atoms with Crippen molar-refractivity contribution in [3.8, 4) is 0 Å². The summed E-state index contributed by atoms with van der Waals surface area (Å²) in [5.74, 6) is -1.22. The Hall–Kier alpha value is -1.40. The standard InChI is InChI=1S/C15H15BrN2O2S/c1-2-8-7-9(16)3-5-11(8)17-15-18-13-10(14(19)20)4-6-12(13)21-15/h3,5,7,10H,2,4,6H2,1H3,(H,17,18)(H,19,20). The summed E-state index contributed by atoms with van der Waals surface area (Å²) in [7, 11) is 0. The van der Waals surface area contributed by atoms with Crippen LogP contribution in [0.4, 0.5) is 10.8 Å². The van der Waals surface area contributed by atoms with E-state index >= 15 is 0 Å². The van der Waals surface area contributed by atoms with Gasteiger partial charge in [0.1, 0.15) is 5.92 Å². The van der Waals surface area contributed by atoms with Gasteiger partial charge in [0, 0.05) is 15.0 Å². The van der Waals surface area contributed by atoms with Gasteiger partial charge in [-0.05, 0) is 43.0 Å². The lowest BCUT2D eigenvalue weighted by atomic mass is 10.1. The highest BCUT2D eigenvalue weighted by molar-refractivity contribution is 9.10. The molecule has 0 radical (unpaired) electrons. The lowest BCUT2D eigenvalue weighted by Crippen LogP contribution is -2.08. The number of hydrogen-bond donors (Lipinski definition) is 2. The summed E-state index contributed by atoms with van der Waals surface area (Å²) in [6.07, 6.45) is 2.40. The molecule has 2 N–H and O–H groups in total. The highest BCUT2D eigenvalue weighted by atomic mass is 79.9. The van der Waals surface area contributed by atoms with Gasteiger partial charge in [-0.3, -0.25) is 4.79 Å². The second-order valence-corrected chi connectivity index (χ2v) is 7.04. The Morgan fingerprint density at radius 1 is 1.57 bits per heavy atom. The van der Waals surface area contributed by atoms with E-state index in [0.717, 1.165) is 38.7 Å². The fourth-order valence-electron chi connectivity index (χ4n) is 2.61. The van der Waals surface area contributed by atoms with Crippen molar-refractivity contribution in [2.24, 2.45) is 0 Å². The number of nitrogens with one attached hydrogen (secondary N) is 1. The van der Waals surface area contributed by atoms with Gasteiger partial charge in [0.2, 0.25) is 0 Å². The van der Waals surface area contributed by atoms with Gasteiger partial charge in [0.05, 0.1) is 5.69 Å². The van der Waals surface area contributed by atoms with Gasteiger partial charge in [0.15, 0.2) is 5.13 Å². The molecule has 1 aliphatic rings. The molecule has 0 amide bonds. The number of aryl methyl sites for hydroxylation is 2. The number of thiazole rings is 1. The molecule has 1 aromatic heterocycles. The maximum absolute atomic E-state index is 11.2. The Balaban J connectivity index is 1.87. The zero-order valence-corrected chi connectivity index (χ0v) is 13.9. The van der Waals surface area contributed by atoms with Crippen molar-refractivity contribution in [2.75, 3.05) is 5.32 Å². The third-order valence-corrected chi connectivity index (χ3v) is 5.25. The first-order chi connectivity index (χ1) is 10.1. The molecule has 0 spiro atoms. The van der Waals surface area contributed by atoms with Crippen molar-refractivity contribution in [1.82, 2.24) is 4.98 Å². The zero-order chi connectivity index (χ0) is 15.0. The van der Waals surface area contributed by atoms with Gasteiger partial charge in [0.25, 0.3) is 0 Å². The third-order valence-electron chi connectivity index (χ3n) is 3.71. The smallest absolute Gasteiger partial charge is 0.312 e. The fourth-order valence-corrected chi connectivity index (χ4v) is 4.07. The minimum atomic E-state index is -0.775. The highest BCUT2D eigenvalue weighted by Gasteiger charge is 2.32. The normalized spacial score (nSPS) is 16.8. The number of benzene rings is 1. The van der Waals surface area contributed by atoms with Gasteiger partial charge in [-0.1, -0.05) is 22.9 Å². The van der Waals surface area contributed by atoms with Crippen LogP contribution in [0.25, 0.3) is 0 Å². The second-order valence-electron chi connectivity index (χ2n) is 5.04. The van der Waals surface area contributed by atoms with Gasteiger partial charge in [-0.15, -0.1) is 11.3 Å². The Morgan fingerprint density at radius 2 is 2.38 bits per heavy atom. The van der Waals surface area contributed by atoms with Crippen LogP contribution in [0.2, 0.25) is 0 Å². The van der Waals surface area contributed by atoms with Crippen molar-refractivity contribution in [3.05, 3.63) is 38.8 Å². The minimum Gasteiger partial charge on any atom is -0.481 e. The molecular formula is C15H15BrN2O2S. The summed E-state index contributed by atoms with van der Waals surface area (Å²) in [4.78, 5) is 16.8. The molecule has 1 unspecified atom stereocenters. The van der Waals surface area contributed by atoms with Crippen LogP contribution in [0.3, 0.4) is 0 Å². The molecule has 1 atom stereocenters. The lowest BCUT2D eigenvalue weighted by Gasteiger charge is -2.09. The van der Waals surface area contributed by atoms with Crippen LogP contribution in [0, 0.1) is 0 Å². The Labute approximate surface area is 135 Å². The van der Waals surface area contributed by atoms with Crippen molar-refractivity contribution in [2.45, 2.75) is 32.1 Å². The minimum absolute atomic E-state index is 0.442. The molecule has 0 saturated heterocycles. The topological polar surface area (TPSA) is 62.2 Å². The summed E-state index contributed by atoms with van der Waals surface area (Å²) < 4.78 is 1.05. The quantitative estimate of drug-likeness (QED) is 0.845. The van der Waals surface area contributed by atoms with E-state index in [4.69, 9.17) is 0 Å². The van der Waals surface area contributed by atoms with Crippen LogP contribution < -0.4 is 5.32 Å². The monoisotopic (exact) mass is 366 g/mol. The first kappa shape index (κ1) is 14.5. The average Bonchev–Trinajstić information content (AvgIpc) is 3.00. The van der Waals surface area contributed by atoms with E-state index in [1.807, 2.05) is 12.1 Å². The van der Waals surface area contributed by atoms with Crippen molar-refractivity contribution >= 4 is 44.1 Å². The second kappa shape index (κ2) is 5.77. The van der Waals surface area contributed by atoms with E-state index in [-0.39, 0.29) is 0 Å². The molecule has 6 heteroatoms. The number of aromatic nitrogens is 1. The van der Waals surface area contributed by atoms with E-state index in [2.05, 4.69) is 39.2 Å². The molecule has 3 rings (SSSR count). The highest BCUT2D eigenvalue weighted by Crippen LogP contribution is 2.39. The van der Waals surface area contributed by atoms with Crippen LogP contribution in [-0.2, 0) is 17.6 Å². The van der Waals surface area contributed by atoms with Gasteiger partial charge in [-0.2, -0.15) is 0 Å². The summed E-state index contributed by atoms with van der Waals surface area (Å²) in [5.41, 5.74) is 2.97. The maximum atomic E-state index is 11.2. The number of nitrogens with zero attached hydrogens (tertiary/aromatic N) is 1. The summed E-state index contributed by atoms with van der Waals surface area (Å²) in [5, 5.41) is 13.3. The SMILES string of the molecule is CCc1cc(Br)ccc1Nc1nc2c(s1)CCC2C(=O)O. The van der Waals surface area contributed by atoms with E-state index < -0.39 is 11.9 Å². The van der Waals surface area contributed by atoms with Crippen LogP contribution in [0.1, 0.15) is 35.4 Å². The predicted octanol–water partition coefficient (Wildman–Crippen LogP) is 4.33. The molecule has 0 saturated carbocycles. The number of aliphatic carboxylic acids is 1. The zero-order valence-electron chi connectivity index (χ0n) is 11.5. The number of rotatable bonds is 4. The number of carboxylic acids is 1. The number of carbonyl (C=O) groups is 1. The molecule has 0 bridgehead atoms. The van der Waals surface area contributed by atoms with E-state index in [1.165, 1.54) is 5.56 Å². The fraction of sp³-hybridized carbons (Fsp3) is 0.333. The summed E-state index contributed by atoms with van der Waals surface area (Å²) >= 11 is 5.04. The van der Waals surface area contributed by atoms with Gasteiger partial charge < -0.3 is 10.4 Å². The molecular weight excluding hydrogens is 352 g/mol. The van der Waals surface area contributed by atoms with Crippen molar-refractivity contribution < 1.29 is 9.90 Å². The van der Waals surface area contributed by atoms with Gasteiger partial charge >= 0.3 is 5.97 Å². The van der Waals surface area contributed by atoms with E-state index in [0.29, 0.717) is 6.42 Å². The number of anilines is 2. The lowest BCUT2D eigenvalue weighted by molar-refractivity contribution is -0.138. The molecule has 0 fully saturated rings. The number of carboxylic acid groups (broad SMARTS) is 1. The molecule has 1 aromatic carbocycles. The van der Waals surface area contributed by atoms with E-state index in [9.17, 15) is 9.90 Å². The molecule has 1 aliphatic carbocycles. The Morgan fingerprint density at radius 3 is 3.10 bits per heavy atom. The van der Waals surface area contributed by atoms with Crippen LogP contribution >= 0.6 is 27.3 Å².